The summed E-state index contributed by atoms with van der Waals surface area (Å²) in [6, 6.07) is 17.5. The smallest absolute Gasteiger partial charge is 0.221 e. The summed E-state index contributed by atoms with van der Waals surface area (Å²) in [6.07, 6.45) is 0. The summed E-state index contributed by atoms with van der Waals surface area (Å²) >= 11 is 4.66. The molecule has 10 heteroatoms. The first-order chi connectivity index (χ1) is 14.6. The van der Waals surface area contributed by atoms with Crippen LogP contribution in [0.5, 0.6) is 0 Å². The van der Waals surface area contributed by atoms with Crippen LogP contribution in [0.3, 0.4) is 0 Å². The lowest BCUT2D eigenvalue weighted by molar-refractivity contribution is -0.114. The second kappa shape index (κ2) is 9.70. The molecule has 30 heavy (non-hydrogen) atoms. The Labute approximate surface area is 186 Å². The van der Waals surface area contributed by atoms with Gasteiger partial charge in [0.2, 0.25) is 11.0 Å². The van der Waals surface area contributed by atoms with Gasteiger partial charge in [0.15, 0.2) is 9.47 Å². The average Bonchev–Trinajstić information content (AvgIpc) is 3.36. The van der Waals surface area contributed by atoms with Gasteiger partial charge in [-0.1, -0.05) is 47.4 Å². The Hall–Kier alpha value is -2.95. The van der Waals surface area contributed by atoms with Gasteiger partial charge in [0.1, 0.15) is 0 Å². The van der Waals surface area contributed by atoms with Gasteiger partial charge in [0.25, 0.3) is 0 Å². The van der Waals surface area contributed by atoms with E-state index in [0.29, 0.717) is 5.13 Å². The number of aromatic nitrogens is 3. The van der Waals surface area contributed by atoms with Crippen LogP contribution in [-0.2, 0) is 10.5 Å². The summed E-state index contributed by atoms with van der Waals surface area (Å²) in [4.78, 5) is 15.8. The van der Waals surface area contributed by atoms with Crippen molar-refractivity contribution in [1.29, 1.82) is 0 Å². The number of anilines is 5. The normalized spacial score (nSPS) is 10.6. The number of hydrogen-bond donors (Lipinski definition) is 3. The fourth-order valence-corrected chi connectivity index (χ4v) is 5.03. The van der Waals surface area contributed by atoms with Crippen LogP contribution in [0.4, 0.5) is 27.3 Å². The van der Waals surface area contributed by atoms with E-state index in [1.807, 2.05) is 60.0 Å². The molecule has 0 saturated heterocycles. The highest BCUT2D eigenvalue weighted by Crippen LogP contribution is 2.31. The lowest BCUT2D eigenvalue weighted by atomic mass is 10.3. The Bertz CT molecular complexity index is 1130. The van der Waals surface area contributed by atoms with Crippen LogP contribution in [0.1, 0.15) is 12.6 Å². The Kier molecular flexibility index (Phi) is 6.57. The molecule has 0 saturated carbocycles. The molecule has 152 valence electrons. The molecular formula is C20H18N6OS3. The van der Waals surface area contributed by atoms with Gasteiger partial charge in [-0.15, -0.1) is 21.5 Å². The van der Waals surface area contributed by atoms with Gasteiger partial charge in [-0.2, -0.15) is 0 Å². The molecule has 0 atom stereocenters. The van der Waals surface area contributed by atoms with Crippen LogP contribution < -0.4 is 16.0 Å². The first-order valence-electron chi connectivity index (χ1n) is 9.01. The lowest BCUT2D eigenvalue weighted by Crippen LogP contribution is -2.05. The number of amides is 1. The molecule has 2 aromatic carbocycles. The maximum absolute atomic E-state index is 11.2. The predicted octanol–water partition coefficient (Wildman–Crippen LogP) is 5.73. The number of nitrogens with zero attached hydrogens (tertiary/aromatic N) is 3. The molecule has 2 aromatic heterocycles. The number of carbonyl (C=O) groups is 1. The fourth-order valence-electron chi connectivity index (χ4n) is 2.53. The highest BCUT2D eigenvalue weighted by atomic mass is 32.2. The van der Waals surface area contributed by atoms with E-state index in [1.165, 1.54) is 18.3 Å². The Morgan fingerprint density at radius 3 is 2.57 bits per heavy atom. The Morgan fingerprint density at radius 2 is 1.73 bits per heavy atom. The molecular weight excluding hydrogens is 436 g/mol. The van der Waals surface area contributed by atoms with Crippen LogP contribution in [0.2, 0.25) is 0 Å². The number of carbonyl (C=O) groups excluding carboxylic acids is 1. The zero-order valence-electron chi connectivity index (χ0n) is 16.0. The molecule has 0 spiro atoms. The molecule has 0 unspecified atom stereocenters. The number of thiazole rings is 1. The summed E-state index contributed by atoms with van der Waals surface area (Å²) in [5.74, 6) is 0.616. The molecule has 0 radical (unpaired) electrons. The standard InChI is InChI=1S/C20H18N6OS3/c1-13(27)21-15-8-5-9-16(10-15)23-19-25-26-20(30-19)29-12-17-11-28-18(24-17)22-14-6-3-2-4-7-14/h2-11H,12H2,1H3,(H,21,27)(H,22,24)(H,23,25). The van der Waals surface area contributed by atoms with Crippen molar-refractivity contribution in [2.24, 2.45) is 0 Å². The molecule has 1 amide bonds. The minimum Gasteiger partial charge on any atom is -0.332 e. The quantitative estimate of drug-likeness (QED) is 0.293. The molecule has 2 heterocycles. The number of benzene rings is 2. The van der Waals surface area contributed by atoms with Gasteiger partial charge in [-0.25, -0.2) is 4.98 Å². The summed E-state index contributed by atoms with van der Waals surface area (Å²) in [6.45, 7) is 1.48. The molecule has 3 N–H and O–H groups in total. The van der Waals surface area contributed by atoms with Gasteiger partial charge < -0.3 is 16.0 Å². The van der Waals surface area contributed by atoms with Crippen LogP contribution in [0.25, 0.3) is 0 Å². The van der Waals surface area contributed by atoms with E-state index in [-0.39, 0.29) is 5.91 Å². The summed E-state index contributed by atoms with van der Waals surface area (Å²) in [7, 11) is 0. The minimum absolute atomic E-state index is 0.106. The second-order valence-corrected chi connectivity index (χ2v) is 9.24. The van der Waals surface area contributed by atoms with Gasteiger partial charge in [-0.05, 0) is 30.3 Å². The lowest BCUT2D eigenvalue weighted by Gasteiger charge is -2.05. The van der Waals surface area contributed by atoms with Crippen molar-refractivity contribution < 1.29 is 4.79 Å². The number of rotatable bonds is 8. The van der Waals surface area contributed by atoms with Crippen LogP contribution >= 0.6 is 34.4 Å². The number of nitrogens with one attached hydrogen (secondary N) is 3. The number of thioether (sulfide) groups is 1. The molecule has 4 rings (SSSR count). The zero-order chi connectivity index (χ0) is 20.8. The van der Waals surface area contributed by atoms with Crippen molar-refractivity contribution in [3.63, 3.8) is 0 Å². The highest BCUT2D eigenvalue weighted by Gasteiger charge is 2.08. The number of para-hydroxylation sites is 1. The Balaban J connectivity index is 1.31. The molecule has 0 bridgehead atoms. The number of hydrogen-bond acceptors (Lipinski definition) is 9. The first-order valence-corrected chi connectivity index (χ1v) is 11.7. The van der Waals surface area contributed by atoms with Crippen LogP contribution in [-0.4, -0.2) is 21.1 Å². The van der Waals surface area contributed by atoms with Crippen molar-refractivity contribution in [1.82, 2.24) is 15.2 Å². The van der Waals surface area contributed by atoms with E-state index >= 15 is 0 Å². The largest absolute Gasteiger partial charge is 0.332 e. The van der Waals surface area contributed by atoms with E-state index in [4.69, 9.17) is 0 Å². The van der Waals surface area contributed by atoms with Gasteiger partial charge >= 0.3 is 0 Å². The maximum atomic E-state index is 11.2. The van der Waals surface area contributed by atoms with Crippen molar-refractivity contribution >= 4 is 67.7 Å². The topological polar surface area (TPSA) is 91.8 Å². The first kappa shape index (κ1) is 20.3. The third kappa shape index (κ3) is 5.78. The van der Waals surface area contributed by atoms with Gasteiger partial charge in [0.05, 0.1) is 5.69 Å². The van der Waals surface area contributed by atoms with Gasteiger partial charge in [0, 0.05) is 35.1 Å². The van der Waals surface area contributed by atoms with Crippen molar-refractivity contribution in [2.45, 2.75) is 17.0 Å². The second-order valence-electron chi connectivity index (χ2n) is 6.18. The summed E-state index contributed by atoms with van der Waals surface area (Å²) < 4.78 is 0.862. The van der Waals surface area contributed by atoms with E-state index in [1.54, 1.807) is 23.1 Å². The third-order valence-electron chi connectivity index (χ3n) is 3.76. The van der Waals surface area contributed by atoms with Gasteiger partial charge in [-0.3, -0.25) is 4.79 Å². The molecule has 0 aliphatic heterocycles. The van der Waals surface area contributed by atoms with E-state index in [0.717, 1.165) is 38.0 Å². The van der Waals surface area contributed by atoms with Crippen molar-refractivity contribution in [3.8, 4) is 0 Å². The van der Waals surface area contributed by atoms with E-state index in [2.05, 4.69) is 31.1 Å². The van der Waals surface area contributed by atoms with Crippen molar-refractivity contribution in [3.05, 3.63) is 65.7 Å². The minimum atomic E-state index is -0.106. The fraction of sp³-hybridized carbons (Fsp3) is 0.100. The molecule has 4 aromatic rings. The molecule has 0 aliphatic carbocycles. The SMILES string of the molecule is CC(=O)Nc1cccc(Nc2nnc(SCc3csc(Nc4ccccc4)n3)s2)c1. The monoisotopic (exact) mass is 454 g/mol. The summed E-state index contributed by atoms with van der Waals surface area (Å²) in [5.41, 5.74) is 3.59. The van der Waals surface area contributed by atoms with E-state index < -0.39 is 0 Å². The van der Waals surface area contributed by atoms with E-state index in [9.17, 15) is 4.79 Å². The van der Waals surface area contributed by atoms with Crippen molar-refractivity contribution in [2.75, 3.05) is 16.0 Å². The predicted molar refractivity (Wildman–Crippen MR) is 125 cm³/mol. The molecule has 0 fully saturated rings. The summed E-state index contributed by atoms with van der Waals surface area (Å²) in [5, 5.41) is 21.3. The van der Waals surface area contributed by atoms with Crippen LogP contribution in [0, 0.1) is 0 Å². The highest BCUT2D eigenvalue weighted by molar-refractivity contribution is 8.00. The third-order valence-corrected chi connectivity index (χ3v) is 6.57. The maximum Gasteiger partial charge on any atom is 0.221 e. The zero-order valence-corrected chi connectivity index (χ0v) is 18.4. The van der Waals surface area contributed by atoms with Crippen LogP contribution in [0.15, 0.2) is 64.3 Å². The molecule has 7 nitrogen and oxygen atoms in total. The average molecular weight is 455 g/mol. The molecule has 0 aliphatic rings. The Morgan fingerprint density at radius 1 is 0.967 bits per heavy atom.